The largest absolute Gasteiger partial charge is 0.508 e. The van der Waals surface area contributed by atoms with Crippen molar-refractivity contribution in [3.63, 3.8) is 0 Å². The van der Waals surface area contributed by atoms with Crippen molar-refractivity contribution in [2.24, 2.45) is 5.73 Å². The van der Waals surface area contributed by atoms with Crippen LogP contribution in [0.3, 0.4) is 0 Å². The van der Waals surface area contributed by atoms with Crippen molar-refractivity contribution in [2.45, 2.75) is 31.7 Å². The van der Waals surface area contributed by atoms with Crippen LogP contribution in [0.15, 0.2) is 85.6 Å². The number of carbonyl (C=O) groups is 4. The van der Waals surface area contributed by atoms with Crippen molar-refractivity contribution < 1.29 is 24.3 Å². The number of aromatic hydroxyl groups is 1. The van der Waals surface area contributed by atoms with E-state index in [-0.39, 0.29) is 62.4 Å². The average Bonchev–Trinajstić information content (AvgIpc) is 3.00. The molecule has 2 saturated heterocycles. The van der Waals surface area contributed by atoms with E-state index >= 15 is 0 Å². The number of hydrogen-bond donors (Lipinski definition) is 3. The summed E-state index contributed by atoms with van der Waals surface area (Å²) in [5.74, 6) is -1.22. The minimum atomic E-state index is -0.927. The first-order valence-electron chi connectivity index (χ1n) is 13.8. The number of benzene rings is 2. The Hall–Kier alpha value is -5.23. The topological polar surface area (TPSA) is 152 Å². The molecule has 5 amide bonds. The van der Waals surface area contributed by atoms with Crippen LogP contribution in [0, 0.1) is 0 Å². The first-order chi connectivity index (χ1) is 20.7. The zero-order chi connectivity index (χ0) is 30.5. The molecule has 12 nitrogen and oxygen atoms in total. The highest BCUT2D eigenvalue weighted by Crippen LogP contribution is 2.29. The van der Waals surface area contributed by atoms with Crippen molar-refractivity contribution in [3.8, 4) is 5.75 Å². The number of carbonyl (C=O) groups excluding carboxylic acids is 4. The molecule has 2 atom stereocenters. The lowest BCUT2D eigenvalue weighted by Gasteiger charge is -2.55. The molecule has 12 heteroatoms. The van der Waals surface area contributed by atoms with Gasteiger partial charge in [-0.15, -0.1) is 6.58 Å². The smallest absolute Gasteiger partial charge is 0.334 e. The van der Waals surface area contributed by atoms with E-state index in [0.717, 1.165) is 11.1 Å². The fourth-order valence-corrected chi connectivity index (χ4v) is 5.48. The molecule has 222 valence electrons. The second-order valence-electron chi connectivity index (χ2n) is 10.4. The standard InChI is InChI=1S/C31H33N7O5/c1-2-14-36-20-28(40)37-26(16-21-8-10-24(39)11-9-21)30(42)35(18-23-12-13-33-25(15-23)29(32)41)19-27(37)38(36)31(43)34-17-22-6-4-3-5-7-22/h2-13,15,26-27,39H,1,14,16-20H2,(H2,32,41)(H,34,43)/t26-,27?/m0/s1. The van der Waals surface area contributed by atoms with E-state index < -0.39 is 24.1 Å². The highest BCUT2D eigenvalue weighted by Gasteiger charge is 2.51. The number of nitrogens with one attached hydrogen (secondary N) is 1. The summed E-state index contributed by atoms with van der Waals surface area (Å²) >= 11 is 0. The molecular weight excluding hydrogens is 550 g/mol. The van der Waals surface area contributed by atoms with E-state index in [4.69, 9.17) is 5.73 Å². The Balaban J connectivity index is 1.50. The first-order valence-corrected chi connectivity index (χ1v) is 13.8. The third-order valence-corrected chi connectivity index (χ3v) is 7.48. The zero-order valence-electron chi connectivity index (χ0n) is 23.5. The summed E-state index contributed by atoms with van der Waals surface area (Å²) < 4.78 is 0. The SMILES string of the molecule is C=CCN1CC(=O)N2C(CN(Cc3ccnc(C(N)=O)c3)C(=O)[C@@H]2Cc2ccc(O)cc2)N1C(=O)NCc1ccccc1. The van der Waals surface area contributed by atoms with E-state index in [9.17, 15) is 24.3 Å². The highest BCUT2D eigenvalue weighted by molar-refractivity contribution is 5.92. The number of nitrogens with zero attached hydrogens (tertiary/aromatic N) is 5. The molecule has 2 fully saturated rings. The van der Waals surface area contributed by atoms with Gasteiger partial charge in [0.25, 0.3) is 5.91 Å². The summed E-state index contributed by atoms with van der Waals surface area (Å²) in [5, 5.41) is 15.9. The maximum absolute atomic E-state index is 14.0. The summed E-state index contributed by atoms with van der Waals surface area (Å²) in [6, 6.07) is 17.7. The Bertz CT molecular complexity index is 1510. The van der Waals surface area contributed by atoms with E-state index in [0.29, 0.717) is 5.56 Å². The van der Waals surface area contributed by atoms with Crippen molar-refractivity contribution in [2.75, 3.05) is 19.6 Å². The number of piperazine rings is 1. The molecule has 3 aromatic rings. The summed E-state index contributed by atoms with van der Waals surface area (Å²) in [6.07, 6.45) is 2.40. The molecule has 0 bridgehead atoms. The lowest BCUT2D eigenvalue weighted by atomic mass is 9.98. The van der Waals surface area contributed by atoms with Gasteiger partial charge in [-0.05, 0) is 41.0 Å². The zero-order valence-corrected chi connectivity index (χ0v) is 23.5. The minimum Gasteiger partial charge on any atom is -0.508 e. The number of urea groups is 1. The predicted molar refractivity (Wildman–Crippen MR) is 157 cm³/mol. The van der Waals surface area contributed by atoms with Gasteiger partial charge in [-0.2, -0.15) is 0 Å². The molecule has 3 heterocycles. The van der Waals surface area contributed by atoms with Crippen LogP contribution >= 0.6 is 0 Å². The van der Waals surface area contributed by atoms with Gasteiger partial charge >= 0.3 is 6.03 Å². The first kappa shape index (κ1) is 29.3. The van der Waals surface area contributed by atoms with Crippen LogP contribution in [0.5, 0.6) is 5.75 Å². The number of phenolic OH excluding ortho intramolecular Hbond substituents is 1. The molecular formula is C31H33N7O5. The summed E-state index contributed by atoms with van der Waals surface area (Å²) in [7, 11) is 0. The van der Waals surface area contributed by atoms with Gasteiger partial charge in [-0.3, -0.25) is 19.4 Å². The second-order valence-corrected chi connectivity index (χ2v) is 10.4. The molecule has 43 heavy (non-hydrogen) atoms. The lowest BCUT2D eigenvalue weighted by molar-refractivity contribution is -0.189. The van der Waals surface area contributed by atoms with Gasteiger partial charge in [0, 0.05) is 32.3 Å². The number of primary amides is 1. The molecule has 2 aromatic carbocycles. The summed E-state index contributed by atoms with van der Waals surface area (Å²) in [6.45, 7) is 4.32. The van der Waals surface area contributed by atoms with Crippen LogP contribution in [0.25, 0.3) is 0 Å². The second kappa shape index (κ2) is 12.7. The van der Waals surface area contributed by atoms with E-state index in [2.05, 4.69) is 16.9 Å². The Morgan fingerprint density at radius 1 is 1.05 bits per heavy atom. The number of nitrogens with two attached hydrogens (primary N) is 1. The molecule has 4 N–H and O–H groups in total. The Kier molecular flexibility index (Phi) is 8.67. The molecule has 1 aromatic heterocycles. The molecule has 2 aliphatic heterocycles. The number of hydrogen-bond acceptors (Lipinski definition) is 7. The number of fused-ring (bicyclic) bond motifs is 1. The molecule has 0 saturated carbocycles. The van der Waals surface area contributed by atoms with Gasteiger partial charge in [0.2, 0.25) is 11.8 Å². The number of pyridine rings is 1. The van der Waals surface area contributed by atoms with Crippen LogP contribution in [-0.4, -0.2) is 85.5 Å². The molecule has 5 rings (SSSR count). The van der Waals surface area contributed by atoms with E-state index in [1.54, 1.807) is 34.2 Å². The van der Waals surface area contributed by atoms with Gasteiger partial charge in [-0.25, -0.2) is 14.8 Å². The minimum absolute atomic E-state index is 0.0251. The van der Waals surface area contributed by atoms with E-state index in [1.165, 1.54) is 34.3 Å². The van der Waals surface area contributed by atoms with Crippen LogP contribution < -0.4 is 11.1 Å². The number of phenols is 1. The van der Waals surface area contributed by atoms with Crippen molar-refractivity contribution in [1.82, 2.24) is 30.1 Å². The third-order valence-electron chi connectivity index (χ3n) is 7.48. The number of hydrazine groups is 1. The maximum atomic E-state index is 14.0. The lowest BCUT2D eigenvalue weighted by Crippen LogP contribution is -2.76. The van der Waals surface area contributed by atoms with Crippen LogP contribution in [0.1, 0.15) is 27.2 Å². The molecule has 0 aliphatic carbocycles. The summed E-state index contributed by atoms with van der Waals surface area (Å²) in [4.78, 5) is 60.3. The fourth-order valence-electron chi connectivity index (χ4n) is 5.48. The van der Waals surface area contributed by atoms with Gasteiger partial charge in [0.05, 0.1) is 13.1 Å². The Morgan fingerprint density at radius 3 is 2.49 bits per heavy atom. The number of rotatable bonds is 9. The molecule has 0 radical (unpaired) electrons. The Labute approximate surface area is 249 Å². The fraction of sp³-hybridized carbons (Fsp3) is 0.258. The van der Waals surface area contributed by atoms with Gasteiger partial charge in [-0.1, -0.05) is 48.5 Å². The van der Waals surface area contributed by atoms with E-state index in [1.807, 2.05) is 30.3 Å². The van der Waals surface area contributed by atoms with Crippen molar-refractivity contribution >= 4 is 23.8 Å². The quantitative estimate of drug-likeness (QED) is 0.324. The maximum Gasteiger partial charge on any atom is 0.334 e. The van der Waals surface area contributed by atoms with Crippen molar-refractivity contribution in [3.05, 3.63) is 108 Å². The van der Waals surface area contributed by atoms with Crippen molar-refractivity contribution in [1.29, 1.82) is 0 Å². The van der Waals surface area contributed by atoms with Gasteiger partial charge in [0.1, 0.15) is 23.7 Å². The third kappa shape index (κ3) is 6.49. The number of aromatic nitrogens is 1. The summed E-state index contributed by atoms with van der Waals surface area (Å²) in [5.41, 5.74) is 7.75. The van der Waals surface area contributed by atoms with Gasteiger partial charge < -0.3 is 26.0 Å². The highest BCUT2D eigenvalue weighted by atomic mass is 16.3. The normalized spacial score (nSPS) is 18.7. The Morgan fingerprint density at radius 2 is 1.79 bits per heavy atom. The predicted octanol–water partition coefficient (Wildman–Crippen LogP) is 1.62. The van der Waals surface area contributed by atoms with Crippen LogP contribution in [0.2, 0.25) is 0 Å². The molecule has 0 spiro atoms. The van der Waals surface area contributed by atoms with Crippen LogP contribution in [0.4, 0.5) is 4.79 Å². The molecule has 1 unspecified atom stereocenters. The van der Waals surface area contributed by atoms with Crippen LogP contribution in [-0.2, 0) is 29.1 Å². The molecule has 2 aliphatic rings. The average molecular weight is 584 g/mol. The monoisotopic (exact) mass is 583 g/mol. The van der Waals surface area contributed by atoms with Gasteiger partial charge in [0.15, 0.2) is 0 Å². The number of amides is 5.